The Bertz CT molecular complexity index is 1110. The second-order valence-electron chi connectivity index (χ2n) is 8.32. The highest BCUT2D eigenvalue weighted by Crippen LogP contribution is 2.41. The van der Waals surface area contributed by atoms with Crippen molar-refractivity contribution < 1.29 is 28.8 Å². The highest BCUT2D eigenvalue weighted by atomic mass is 16.8. The van der Waals surface area contributed by atoms with E-state index in [1.165, 1.54) is 6.20 Å². The predicted octanol–water partition coefficient (Wildman–Crippen LogP) is 2.68. The minimum Gasteiger partial charge on any atom is -0.394 e. The third-order valence-corrected chi connectivity index (χ3v) is 6.13. The molecule has 2 aliphatic heterocycles. The number of pyridine rings is 1. The van der Waals surface area contributed by atoms with E-state index in [0.29, 0.717) is 17.5 Å². The lowest BCUT2D eigenvalue weighted by Crippen LogP contribution is -2.59. The zero-order chi connectivity index (χ0) is 23.5. The molecular formula is C26H26N2O6. The number of rotatable bonds is 6. The molecule has 1 amide bonds. The van der Waals surface area contributed by atoms with Gasteiger partial charge in [-0.05, 0) is 11.6 Å². The molecule has 3 aromatic rings. The molecule has 0 spiro atoms. The predicted molar refractivity (Wildman–Crippen MR) is 121 cm³/mol. The Morgan fingerprint density at radius 2 is 1.38 bits per heavy atom. The molecule has 3 heterocycles. The molecule has 0 radical (unpaired) electrons. The molecule has 34 heavy (non-hydrogen) atoms. The summed E-state index contributed by atoms with van der Waals surface area (Å²) in [7, 11) is 0. The van der Waals surface area contributed by atoms with Gasteiger partial charge >= 0.3 is 0 Å². The van der Waals surface area contributed by atoms with Gasteiger partial charge in [-0.25, -0.2) is 0 Å². The van der Waals surface area contributed by atoms with Crippen molar-refractivity contribution in [3.63, 3.8) is 0 Å². The van der Waals surface area contributed by atoms with Crippen molar-refractivity contribution in [2.24, 2.45) is 5.73 Å². The Morgan fingerprint density at radius 1 is 0.824 bits per heavy atom. The van der Waals surface area contributed by atoms with Gasteiger partial charge in [0.25, 0.3) is 0 Å². The standard InChI is InChI=1S/C26H26N2O6/c27-24(30)19-11-12-28-14-18(19)13-20-22-23(34-25(31-20)16-7-3-1-4-8-16)21(15-29)32-26(33-22)17-9-5-2-6-10-17/h1-12,14,20-23,25-26,29H,13,15H2,(H2,27,30). The van der Waals surface area contributed by atoms with Crippen molar-refractivity contribution in [3.8, 4) is 0 Å². The van der Waals surface area contributed by atoms with Gasteiger partial charge < -0.3 is 29.8 Å². The topological polar surface area (TPSA) is 113 Å². The molecule has 2 aromatic carbocycles. The first kappa shape index (κ1) is 22.6. The van der Waals surface area contributed by atoms with Gasteiger partial charge in [0.05, 0.1) is 12.7 Å². The van der Waals surface area contributed by atoms with Crippen LogP contribution in [-0.2, 0) is 25.4 Å². The van der Waals surface area contributed by atoms with Crippen LogP contribution in [0.5, 0.6) is 0 Å². The second kappa shape index (κ2) is 10.0. The van der Waals surface area contributed by atoms with Gasteiger partial charge in [-0.1, -0.05) is 60.7 Å². The molecule has 3 N–H and O–H groups in total. The molecule has 2 saturated heterocycles. The molecule has 0 aliphatic carbocycles. The molecule has 6 atom stereocenters. The normalized spacial score (nSPS) is 28.7. The van der Waals surface area contributed by atoms with E-state index in [2.05, 4.69) is 4.98 Å². The van der Waals surface area contributed by atoms with Gasteiger partial charge in [0.2, 0.25) is 5.91 Å². The lowest BCUT2D eigenvalue weighted by Gasteiger charge is -2.49. The first-order valence-electron chi connectivity index (χ1n) is 11.2. The fourth-order valence-corrected chi connectivity index (χ4v) is 4.47. The summed E-state index contributed by atoms with van der Waals surface area (Å²) >= 11 is 0. The van der Waals surface area contributed by atoms with Crippen molar-refractivity contribution in [2.45, 2.75) is 43.4 Å². The summed E-state index contributed by atoms with van der Waals surface area (Å²) in [6.07, 6.45) is -0.256. The molecule has 2 aliphatic rings. The number of nitrogens with two attached hydrogens (primary N) is 1. The summed E-state index contributed by atoms with van der Waals surface area (Å²) in [5, 5.41) is 10.2. The number of aromatic nitrogens is 1. The van der Waals surface area contributed by atoms with Crippen LogP contribution in [0.1, 0.15) is 39.6 Å². The van der Waals surface area contributed by atoms with E-state index in [4.69, 9.17) is 24.7 Å². The third kappa shape index (κ3) is 4.59. The largest absolute Gasteiger partial charge is 0.394 e. The van der Waals surface area contributed by atoms with Gasteiger partial charge in [-0.15, -0.1) is 0 Å². The number of aliphatic hydroxyl groups excluding tert-OH is 1. The molecular weight excluding hydrogens is 436 g/mol. The number of amides is 1. The molecule has 0 saturated carbocycles. The van der Waals surface area contributed by atoms with Crippen LogP contribution < -0.4 is 5.73 Å². The van der Waals surface area contributed by atoms with Crippen LogP contribution in [0.15, 0.2) is 79.1 Å². The highest BCUT2D eigenvalue weighted by molar-refractivity contribution is 5.94. The van der Waals surface area contributed by atoms with E-state index in [9.17, 15) is 9.90 Å². The average molecular weight is 463 g/mol. The Labute approximate surface area is 197 Å². The number of carbonyl (C=O) groups is 1. The zero-order valence-electron chi connectivity index (χ0n) is 18.4. The Hall–Kier alpha value is -3.14. The monoisotopic (exact) mass is 462 g/mol. The summed E-state index contributed by atoms with van der Waals surface area (Å²) < 4.78 is 25.1. The maximum atomic E-state index is 12.0. The van der Waals surface area contributed by atoms with Gasteiger partial charge in [0.1, 0.15) is 18.3 Å². The van der Waals surface area contributed by atoms with Crippen molar-refractivity contribution in [3.05, 3.63) is 101 Å². The maximum absolute atomic E-state index is 12.0. The Kier molecular flexibility index (Phi) is 6.66. The number of carbonyl (C=O) groups excluding carboxylic acids is 1. The zero-order valence-corrected chi connectivity index (χ0v) is 18.4. The van der Waals surface area contributed by atoms with Crippen LogP contribution in [-0.4, -0.2) is 47.0 Å². The fraction of sp³-hybridized carbons (Fsp3) is 0.308. The number of ether oxygens (including phenoxy) is 4. The smallest absolute Gasteiger partial charge is 0.249 e. The highest BCUT2D eigenvalue weighted by Gasteiger charge is 2.50. The van der Waals surface area contributed by atoms with E-state index in [0.717, 1.165) is 11.1 Å². The quantitative estimate of drug-likeness (QED) is 0.579. The fourth-order valence-electron chi connectivity index (χ4n) is 4.47. The number of benzene rings is 2. The average Bonchev–Trinajstić information content (AvgIpc) is 2.89. The van der Waals surface area contributed by atoms with Gasteiger partial charge in [-0.2, -0.15) is 0 Å². The lowest BCUT2D eigenvalue weighted by atomic mass is 9.93. The van der Waals surface area contributed by atoms with Crippen molar-refractivity contribution >= 4 is 5.91 Å². The number of hydrogen-bond donors (Lipinski definition) is 2. The van der Waals surface area contributed by atoms with Crippen LogP contribution in [0.4, 0.5) is 0 Å². The SMILES string of the molecule is NC(=O)c1ccncc1CC1OC(c2ccccc2)OC2C(CO)OC(c3ccccc3)OC12. The number of hydrogen-bond acceptors (Lipinski definition) is 7. The van der Waals surface area contributed by atoms with Gasteiger partial charge in [0, 0.05) is 35.5 Å². The summed E-state index contributed by atoms with van der Waals surface area (Å²) in [5.74, 6) is -0.538. The number of aliphatic hydroxyl groups is 1. The third-order valence-electron chi connectivity index (χ3n) is 6.13. The molecule has 8 heteroatoms. The lowest BCUT2D eigenvalue weighted by molar-refractivity contribution is -0.384. The van der Waals surface area contributed by atoms with E-state index < -0.39 is 42.9 Å². The van der Waals surface area contributed by atoms with Crippen LogP contribution in [0, 0.1) is 0 Å². The van der Waals surface area contributed by atoms with Crippen molar-refractivity contribution in [1.82, 2.24) is 4.98 Å². The molecule has 1 aromatic heterocycles. The molecule has 176 valence electrons. The maximum Gasteiger partial charge on any atom is 0.249 e. The second-order valence-corrected chi connectivity index (χ2v) is 8.32. The van der Waals surface area contributed by atoms with Crippen molar-refractivity contribution in [2.75, 3.05) is 6.61 Å². The van der Waals surface area contributed by atoms with E-state index in [1.54, 1.807) is 12.3 Å². The van der Waals surface area contributed by atoms with Gasteiger partial charge in [0.15, 0.2) is 12.6 Å². The summed E-state index contributed by atoms with van der Waals surface area (Å²) in [6.45, 7) is -0.248. The van der Waals surface area contributed by atoms with Crippen LogP contribution in [0.25, 0.3) is 0 Å². The minimum atomic E-state index is -0.702. The van der Waals surface area contributed by atoms with Crippen molar-refractivity contribution in [1.29, 1.82) is 0 Å². The summed E-state index contributed by atoms with van der Waals surface area (Å²) in [6, 6.07) is 20.6. The number of fused-ring (bicyclic) bond motifs is 1. The molecule has 5 rings (SSSR count). The number of primary amides is 1. The van der Waals surface area contributed by atoms with Crippen LogP contribution in [0.2, 0.25) is 0 Å². The van der Waals surface area contributed by atoms with E-state index in [1.807, 2.05) is 60.7 Å². The first-order chi connectivity index (χ1) is 16.6. The Morgan fingerprint density at radius 3 is 1.94 bits per heavy atom. The summed E-state index contributed by atoms with van der Waals surface area (Å²) in [4.78, 5) is 16.2. The Balaban J connectivity index is 1.50. The molecule has 8 nitrogen and oxygen atoms in total. The van der Waals surface area contributed by atoms with E-state index in [-0.39, 0.29) is 6.61 Å². The van der Waals surface area contributed by atoms with Crippen LogP contribution >= 0.6 is 0 Å². The van der Waals surface area contributed by atoms with Crippen LogP contribution in [0.3, 0.4) is 0 Å². The van der Waals surface area contributed by atoms with Gasteiger partial charge in [-0.3, -0.25) is 9.78 Å². The molecule has 0 bridgehead atoms. The number of nitrogens with zero attached hydrogens (tertiary/aromatic N) is 1. The minimum absolute atomic E-state index is 0.248. The molecule has 6 unspecified atom stereocenters. The van der Waals surface area contributed by atoms with E-state index >= 15 is 0 Å². The molecule has 2 fully saturated rings. The summed E-state index contributed by atoms with van der Waals surface area (Å²) in [5.41, 5.74) is 8.27. The first-order valence-corrected chi connectivity index (χ1v) is 11.2.